The van der Waals surface area contributed by atoms with Crippen LogP contribution in [0, 0.1) is 0 Å². The van der Waals surface area contributed by atoms with Crippen molar-refractivity contribution in [3.8, 4) is 0 Å². The lowest BCUT2D eigenvalue weighted by Gasteiger charge is -2.23. The minimum absolute atomic E-state index is 0.378. The van der Waals surface area contributed by atoms with Crippen LogP contribution in [0.1, 0.15) is 25.5 Å². The van der Waals surface area contributed by atoms with Crippen molar-refractivity contribution in [3.63, 3.8) is 0 Å². The fourth-order valence-electron chi connectivity index (χ4n) is 2.40. The van der Waals surface area contributed by atoms with Crippen LogP contribution in [0.15, 0.2) is 30.5 Å². The highest BCUT2D eigenvalue weighted by Crippen LogP contribution is 2.17. The number of rotatable bonds is 5. The molecule has 1 saturated heterocycles. The van der Waals surface area contributed by atoms with Crippen molar-refractivity contribution in [1.82, 2.24) is 15.0 Å². The van der Waals surface area contributed by atoms with E-state index in [1.54, 1.807) is 6.20 Å². The molecular weight excluding hydrogens is 278 g/mol. The predicted octanol–water partition coefficient (Wildman–Crippen LogP) is 2.77. The van der Waals surface area contributed by atoms with Crippen LogP contribution in [0.4, 0.5) is 17.6 Å². The van der Waals surface area contributed by atoms with Crippen molar-refractivity contribution in [2.24, 2.45) is 0 Å². The van der Waals surface area contributed by atoms with Crippen LogP contribution in [-0.2, 0) is 11.2 Å². The molecule has 0 atom stereocenters. The summed E-state index contributed by atoms with van der Waals surface area (Å²) in [6.07, 6.45) is 4.60. The van der Waals surface area contributed by atoms with Gasteiger partial charge < -0.3 is 15.4 Å². The van der Waals surface area contributed by atoms with E-state index in [4.69, 9.17) is 4.74 Å². The molecule has 22 heavy (non-hydrogen) atoms. The monoisotopic (exact) mass is 299 g/mol. The maximum atomic E-state index is 5.38. The molecule has 3 heterocycles. The van der Waals surface area contributed by atoms with Gasteiger partial charge in [-0.2, -0.15) is 4.98 Å². The number of anilines is 3. The molecule has 0 radical (unpaired) electrons. The van der Waals surface area contributed by atoms with E-state index in [1.807, 2.05) is 24.3 Å². The van der Waals surface area contributed by atoms with Crippen molar-refractivity contribution in [2.45, 2.75) is 32.2 Å². The van der Waals surface area contributed by atoms with E-state index in [0.29, 0.717) is 12.0 Å². The number of aryl methyl sites for hydroxylation is 1. The Labute approximate surface area is 130 Å². The van der Waals surface area contributed by atoms with Crippen molar-refractivity contribution in [1.29, 1.82) is 0 Å². The summed E-state index contributed by atoms with van der Waals surface area (Å²) in [5, 5.41) is 6.65. The van der Waals surface area contributed by atoms with Gasteiger partial charge in [0.05, 0.1) is 0 Å². The lowest BCUT2D eigenvalue weighted by Crippen LogP contribution is -2.28. The van der Waals surface area contributed by atoms with Crippen molar-refractivity contribution < 1.29 is 4.74 Å². The first kappa shape index (κ1) is 14.7. The van der Waals surface area contributed by atoms with Crippen LogP contribution in [0.25, 0.3) is 0 Å². The second-order valence-electron chi connectivity index (χ2n) is 5.29. The molecule has 116 valence electrons. The first-order valence-corrected chi connectivity index (χ1v) is 7.74. The number of nitrogens with zero attached hydrogens (tertiary/aromatic N) is 3. The second-order valence-corrected chi connectivity index (χ2v) is 5.29. The van der Waals surface area contributed by atoms with E-state index >= 15 is 0 Å². The van der Waals surface area contributed by atoms with Gasteiger partial charge in [-0.15, -0.1) is 0 Å². The Bertz CT molecular complexity index is 599. The van der Waals surface area contributed by atoms with Gasteiger partial charge in [0.25, 0.3) is 0 Å². The van der Waals surface area contributed by atoms with Gasteiger partial charge in [-0.25, -0.2) is 9.97 Å². The van der Waals surface area contributed by atoms with E-state index in [9.17, 15) is 0 Å². The molecule has 2 aromatic heterocycles. The molecule has 6 nitrogen and oxygen atoms in total. The van der Waals surface area contributed by atoms with Crippen LogP contribution in [-0.4, -0.2) is 34.2 Å². The Kier molecular flexibility index (Phi) is 4.80. The molecule has 0 saturated carbocycles. The quantitative estimate of drug-likeness (QED) is 0.884. The Balaban J connectivity index is 1.76. The highest BCUT2D eigenvalue weighted by Gasteiger charge is 2.15. The molecule has 1 fully saturated rings. The third-order valence-electron chi connectivity index (χ3n) is 3.62. The molecule has 0 amide bonds. The summed E-state index contributed by atoms with van der Waals surface area (Å²) in [6, 6.07) is 8.09. The molecule has 2 aromatic rings. The standard InChI is InChI=1S/C16H21N5O/c1-2-12-11-15(20-14-5-3-4-8-17-14)21-16(18-12)19-13-6-9-22-10-7-13/h3-5,8,11,13H,2,6-7,9-10H2,1H3,(H2,17,18,19,20,21). The number of hydrogen-bond donors (Lipinski definition) is 2. The van der Waals surface area contributed by atoms with Gasteiger partial charge >= 0.3 is 0 Å². The molecule has 3 rings (SSSR count). The first-order valence-electron chi connectivity index (χ1n) is 7.74. The fraction of sp³-hybridized carbons (Fsp3) is 0.438. The van der Waals surface area contributed by atoms with Gasteiger partial charge in [0.1, 0.15) is 11.6 Å². The normalized spacial score (nSPS) is 15.5. The SMILES string of the molecule is CCc1cc(Nc2ccccn2)nc(NC2CCOCC2)n1. The summed E-state index contributed by atoms with van der Waals surface area (Å²) in [5.41, 5.74) is 1.00. The molecule has 0 spiro atoms. The molecular formula is C16H21N5O. The zero-order valence-electron chi connectivity index (χ0n) is 12.7. The van der Waals surface area contributed by atoms with Gasteiger partial charge in [-0.3, -0.25) is 0 Å². The average Bonchev–Trinajstić information content (AvgIpc) is 2.56. The number of hydrogen-bond acceptors (Lipinski definition) is 6. The lowest BCUT2D eigenvalue weighted by molar-refractivity contribution is 0.0903. The molecule has 2 N–H and O–H groups in total. The van der Waals surface area contributed by atoms with Crippen LogP contribution >= 0.6 is 0 Å². The van der Waals surface area contributed by atoms with Crippen molar-refractivity contribution in [2.75, 3.05) is 23.8 Å². The molecule has 0 aliphatic carbocycles. The maximum Gasteiger partial charge on any atom is 0.225 e. The third-order valence-corrected chi connectivity index (χ3v) is 3.62. The van der Waals surface area contributed by atoms with Crippen LogP contribution in [0.2, 0.25) is 0 Å². The topological polar surface area (TPSA) is 72.0 Å². The molecule has 1 aliphatic heterocycles. The molecule has 6 heteroatoms. The third kappa shape index (κ3) is 3.92. The molecule has 0 bridgehead atoms. The molecule has 0 aromatic carbocycles. The lowest BCUT2D eigenvalue weighted by atomic mass is 10.1. The van der Waals surface area contributed by atoms with Gasteiger partial charge in [-0.05, 0) is 31.4 Å². The largest absolute Gasteiger partial charge is 0.381 e. The fourth-order valence-corrected chi connectivity index (χ4v) is 2.40. The van der Waals surface area contributed by atoms with Crippen molar-refractivity contribution >= 4 is 17.6 Å². The number of nitrogens with one attached hydrogen (secondary N) is 2. The smallest absolute Gasteiger partial charge is 0.225 e. The Morgan fingerprint density at radius 2 is 2.05 bits per heavy atom. The Hall–Kier alpha value is -2.21. The zero-order chi connectivity index (χ0) is 15.2. The van der Waals surface area contributed by atoms with Crippen LogP contribution < -0.4 is 10.6 Å². The summed E-state index contributed by atoms with van der Waals surface area (Å²) in [4.78, 5) is 13.4. The van der Waals surface area contributed by atoms with Crippen LogP contribution in [0.5, 0.6) is 0 Å². The second kappa shape index (κ2) is 7.17. The van der Waals surface area contributed by atoms with E-state index in [2.05, 4.69) is 32.5 Å². The predicted molar refractivity (Wildman–Crippen MR) is 86.4 cm³/mol. The van der Waals surface area contributed by atoms with E-state index in [-0.39, 0.29) is 0 Å². The number of aromatic nitrogens is 3. The number of ether oxygens (including phenoxy) is 1. The van der Waals surface area contributed by atoms with Gasteiger partial charge in [-0.1, -0.05) is 13.0 Å². The van der Waals surface area contributed by atoms with E-state index in [1.165, 1.54) is 0 Å². The van der Waals surface area contributed by atoms with Gasteiger partial charge in [0.15, 0.2) is 0 Å². The summed E-state index contributed by atoms with van der Waals surface area (Å²) in [5.74, 6) is 2.21. The Morgan fingerprint density at radius 3 is 2.77 bits per heavy atom. The minimum atomic E-state index is 0.378. The average molecular weight is 299 g/mol. The van der Waals surface area contributed by atoms with E-state index in [0.717, 1.165) is 49.8 Å². The molecule has 0 unspecified atom stereocenters. The van der Waals surface area contributed by atoms with E-state index < -0.39 is 0 Å². The van der Waals surface area contributed by atoms with Gasteiger partial charge in [0, 0.05) is 37.2 Å². The van der Waals surface area contributed by atoms with Gasteiger partial charge in [0.2, 0.25) is 5.95 Å². The summed E-state index contributed by atoms with van der Waals surface area (Å²) in [7, 11) is 0. The van der Waals surface area contributed by atoms with Crippen LogP contribution in [0.3, 0.4) is 0 Å². The number of pyridine rings is 1. The maximum absolute atomic E-state index is 5.38. The summed E-state index contributed by atoms with van der Waals surface area (Å²) in [6.45, 7) is 3.68. The zero-order valence-corrected chi connectivity index (χ0v) is 12.7. The first-order chi connectivity index (χ1) is 10.8. The summed E-state index contributed by atoms with van der Waals surface area (Å²) < 4.78 is 5.38. The highest BCUT2D eigenvalue weighted by atomic mass is 16.5. The molecule has 1 aliphatic rings. The summed E-state index contributed by atoms with van der Waals surface area (Å²) >= 11 is 0. The highest BCUT2D eigenvalue weighted by molar-refractivity contribution is 5.53. The Morgan fingerprint density at radius 1 is 1.18 bits per heavy atom. The van der Waals surface area contributed by atoms with Crippen molar-refractivity contribution in [3.05, 3.63) is 36.2 Å². The minimum Gasteiger partial charge on any atom is -0.381 e.